The molecule has 90 valence electrons. The molecule has 1 unspecified atom stereocenters. The standard InChI is InChI=1S/C10H22N2O2S/c1-8(2)12-9(13)5-11-6-10(3,14)7-15-4/h8,11,14H,5-7H2,1-4H3,(H,12,13). The second-order valence-electron chi connectivity index (χ2n) is 4.26. The Kier molecular flexibility index (Phi) is 6.96. The van der Waals surface area contributed by atoms with Crippen molar-refractivity contribution in [3.8, 4) is 0 Å². The molecule has 1 atom stereocenters. The highest BCUT2D eigenvalue weighted by molar-refractivity contribution is 7.98. The Hall–Kier alpha value is -0.260. The van der Waals surface area contributed by atoms with Crippen LogP contribution in [0.5, 0.6) is 0 Å². The zero-order chi connectivity index (χ0) is 11.9. The lowest BCUT2D eigenvalue weighted by Gasteiger charge is -2.22. The van der Waals surface area contributed by atoms with Crippen LogP contribution in [0.4, 0.5) is 0 Å². The van der Waals surface area contributed by atoms with Crippen molar-refractivity contribution >= 4 is 17.7 Å². The van der Waals surface area contributed by atoms with Crippen LogP contribution >= 0.6 is 11.8 Å². The predicted molar refractivity (Wildman–Crippen MR) is 65.2 cm³/mol. The van der Waals surface area contributed by atoms with Gasteiger partial charge in [-0.25, -0.2) is 0 Å². The number of amides is 1. The van der Waals surface area contributed by atoms with Crippen molar-refractivity contribution in [2.24, 2.45) is 0 Å². The first kappa shape index (κ1) is 14.7. The topological polar surface area (TPSA) is 61.4 Å². The van der Waals surface area contributed by atoms with E-state index in [1.807, 2.05) is 20.1 Å². The second-order valence-corrected chi connectivity index (χ2v) is 5.12. The van der Waals surface area contributed by atoms with E-state index in [9.17, 15) is 9.90 Å². The van der Waals surface area contributed by atoms with Gasteiger partial charge in [0.05, 0.1) is 12.1 Å². The SMILES string of the molecule is CSCC(C)(O)CNCC(=O)NC(C)C. The van der Waals surface area contributed by atoms with Crippen LogP contribution in [0.15, 0.2) is 0 Å². The van der Waals surface area contributed by atoms with Gasteiger partial charge in [-0.2, -0.15) is 11.8 Å². The molecule has 0 spiro atoms. The molecule has 3 N–H and O–H groups in total. The number of rotatable bonds is 7. The minimum atomic E-state index is -0.752. The Balaban J connectivity index is 3.65. The van der Waals surface area contributed by atoms with Gasteiger partial charge >= 0.3 is 0 Å². The molecule has 15 heavy (non-hydrogen) atoms. The average Bonchev–Trinajstić information content (AvgIpc) is 2.01. The normalized spacial score (nSPS) is 15.1. The first-order valence-electron chi connectivity index (χ1n) is 5.09. The lowest BCUT2D eigenvalue weighted by atomic mass is 10.1. The number of hydrogen-bond donors (Lipinski definition) is 3. The fraction of sp³-hybridized carbons (Fsp3) is 0.900. The molecule has 0 aliphatic carbocycles. The van der Waals surface area contributed by atoms with Gasteiger partial charge in [-0.3, -0.25) is 4.79 Å². The smallest absolute Gasteiger partial charge is 0.234 e. The molecular formula is C10H22N2O2S. The third kappa shape index (κ3) is 8.72. The number of carbonyl (C=O) groups is 1. The Morgan fingerprint density at radius 3 is 2.60 bits per heavy atom. The number of carbonyl (C=O) groups excluding carboxylic acids is 1. The molecule has 0 saturated heterocycles. The molecule has 1 amide bonds. The maximum absolute atomic E-state index is 11.2. The summed E-state index contributed by atoms with van der Waals surface area (Å²) in [5, 5.41) is 15.5. The zero-order valence-corrected chi connectivity index (χ0v) is 10.8. The quantitative estimate of drug-likeness (QED) is 0.589. The highest BCUT2D eigenvalue weighted by Gasteiger charge is 2.19. The van der Waals surface area contributed by atoms with Gasteiger partial charge in [-0.15, -0.1) is 0 Å². The Labute approximate surface area is 96.2 Å². The fourth-order valence-corrected chi connectivity index (χ4v) is 1.90. The highest BCUT2D eigenvalue weighted by Crippen LogP contribution is 2.08. The lowest BCUT2D eigenvalue weighted by Crippen LogP contribution is -2.44. The molecule has 0 rings (SSSR count). The largest absolute Gasteiger partial charge is 0.388 e. The molecule has 0 aliphatic heterocycles. The monoisotopic (exact) mass is 234 g/mol. The van der Waals surface area contributed by atoms with Gasteiger partial charge in [0.25, 0.3) is 0 Å². The number of thioether (sulfide) groups is 1. The molecule has 0 aromatic carbocycles. The molecule has 0 aliphatic rings. The molecule has 0 heterocycles. The molecule has 0 fully saturated rings. The maximum Gasteiger partial charge on any atom is 0.234 e. The minimum Gasteiger partial charge on any atom is -0.388 e. The van der Waals surface area contributed by atoms with Gasteiger partial charge in [-0.05, 0) is 27.0 Å². The van der Waals surface area contributed by atoms with E-state index in [0.29, 0.717) is 12.3 Å². The maximum atomic E-state index is 11.2. The van der Waals surface area contributed by atoms with Gasteiger partial charge < -0.3 is 15.7 Å². The van der Waals surface area contributed by atoms with Gasteiger partial charge in [0.1, 0.15) is 0 Å². The number of aliphatic hydroxyl groups is 1. The van der Waals surface area contributed by atoms with Crippen LogP contribution in [0, 0.1) is 0 Å². The van der Waals surface area contributed by atoms with Crippen molar-refractivity contribution in [1.29, 1.82) is 0 Å². The third-order valence-electron chi connectivity index (χ3n) is 1.70. The molecule has 4 nitrogen and oxygen atoms in total. The van der Waals surface area contributed by atoms with E-state index < -0.39 is 5.60 Å². The van der Waals surface area contributed by atoms with E-state index >= 15 is 0 Å². The summed E-state index contributed by atoms with van der Waals surface area (Å²) in [5.74, 6) is 0.621. The van der Waals surface area contributed by atoms with Crippen LogP contribution in [0.25, 0.3) is 0 Å². The minimum absolute atomic E-state index is 0.0371. The van der Waals surface area contributed by atoms with Gasteiger partial charge in [0, 0.05) is 18.3 Å². The Morgan fingerprint density at radius 1 is 1.53 bits per heavy atom. The Bertz CT molecular complexity index is 196. The Morgan fingerprint density at radius 2 is 2.13 bits per heavy atom. The van der Waals surface area contributed by atoms with Crippen LogP contribution in [-0.4, -0.2) is 47.8 Å². The molecule has 0 bridgehead atoms. The van der Waals surface area contributed by atoms with E-state index in [2.05, 4.69) is 10.6 Å². The van der Waals surface area contributed by atoms with Gasteiger partial charge in [0.15, 0.2) is 0 Å². The fourth-order valence-electron chi connectivity index (χ4n) is 1.18. The summed E-state index contributed by atoms with van der Waals surface area (Å²) in [6.07, 6.45) is 1.94. The van der Waals surface area contributed by atoms with Crippen molar-refractivity contribution in [1.82, 2.24) is 10.6 Å². The van der Waals surface area contributed by atoms with Crippen LogP contribution in [0.2, 0.25) is 0 Å². The summed E-state index contributed by atoms with van der Waals surface area (Å²) in [5.41, 5.74) is -0.752. The molecule has 0 radical (unpaired) electrons. The van der Waals surface area contributed by atoms with Crippen molar-refractivity contribution in [2.75, 3.05) is 25.1 Å². The van der Waals surface area contributed by atoms with E-state index in [0.717, 1.165) is 0 Å². The molecule has 0 saturated carbocycles. The van der Waals surface area contributed by atoms with Crippen LogP contribution in [0.1, 0.15) is 20.8 Å². The van der Waals surface area contributed by atoms with Crippen molar-refractivity contribution in [3.05, 3.63) is 0 Å². The zero-order valence-electron chi connectivity index (χ0n) is 9.96. The van der Waals surface area contributed by atoms with E-state index in [1.54, 1.807) is 18.7 Å². The molecule has 0 aromatic heterocycles. The van der Waals surface area contributed by atoms with Crippen molar-refractivity contribution in [3.63, 3.8) is 0 Å². The van der Waals surface area contributed by atoms with Crippen molar-refractivity contribution in [2.45, 2.75) is 32.4 Å². The third-order valence-corrected chi connectivity index (χ3v) is 2.61. The van der Waals surface area contributed by atoms with E-state index in [4.69, 9.17) is 0 Å². The van der Waals surface area contributed by atoms with Gasteiger partial charge in [-0.1, -0.05) is 0 Å². The van der Waals surface area contributed by atoms with E-state index in [1.165, 1.54) is 0 Å². The summed E-state index contributed by atoms with van der Waals surface area (Å²) in [4.78, 5) is 11.2. The second kappa shape index (κ2) is 7.09. The van der Waals surface area contributed by atoms with Gasteiger partial charge in [0.2, 0.25) is 5.91 Å². The molecule has 5 heteroatoms. The van der Waals surface area contributed by atoms with Crippen LogP contribution < -0.4 is 10.6 Å². The molecular weight excluding hydrogens is 212 g/mol. The first-order valence-corrected chi connectivity index (χ1v) is 6.48. The summed E-state index contributed by atoms with van der Waals surface area (Å²) in [7, 11) is 0. The summed E-state index contributed by atoms with van der Waals surface area (Å²) in [6.45, 7) is 6.28. The lowest BCUT2D eigenvalue weighted by molar-refractivity contribution is -0.120. The van der Waals surface area contributed by atoms with Crippen molar-refractivity contribution < 1.29 is 9.90 Å². The van der Waals surface area contributed by atoms with E-state index in [-0.39, 0.29) is 18.5 Å². The highest BCUT2D eigenvalue weighted by atomic mass is 32.2. The molecule has 0 aromatic rings. The summed E-state index contributed by atoms with van der Waals surface area (Å²) in [6, 6.07) is 0.158. The summed E-state index contributed by atoms with van der Waals surface area (Å²) >= 11 is 1.59. The number of nitrogens with one attached hydrogen (secondary N) is 2. The van der Waals surface area contributed by atoms with Crippen LogP contribution in [0.3, 0.4) is 0 Å². The average molecular weight is 234 g/mol. The van der Waals surface area contributed by atoms with Crippen LogP contribution in [-0.2, 0) is 4.79 Å². The predicted octanol–water partition coefficient (Wildman–Crippen LogP) is 0.215. The number of hydrogen-bond acceptors (Lipinski definition) is 4. The first-order chi connectivity index (χ1) is 6.87. The summed E-state index contributed by atoms with van der Waals surface area (Å²) < 4.78 is 0.